The van der Waals surface area contributed by atoms with Crippen LogP contribution in [0, 0.1) is 5.92 Å². The molecule has 0 aliphatic heterocycles. The van der Waals surface area contributed by atoms with Crippen molar-refractivity contribution in [1.29, 1.82) is 0 Å². The van der Waals surface area contributed by atoms with Gasteiger partial charge in [0.2, 0.25) is 5.92 Å². The van der Waals surface area contributed by atoms with Crippen LogP contribution >= 0.6 is 0 Å². The number of anilines is 1. The van der Waals surface area contributed by atoms with Crippen LogP contribution in [0.2, 0.25) is 0 Å². The van der Waals surface area contributed by atoms with E-state index >= 15 is 0 Å². The Balaban J connectivity index is 1.69. The second kappa shape index (κ2) is 5.65. The van der Waals surface area contributed by atoms with Crippen molar-refractivity contribution in [1.82, 2.24) is 9.97 Å². The van der Waals surface area contributed by atoms with Gasteiger partial charge in [-0.25, -0.2) is 18.7 Å². The molecular weight excluding hydrogens is 332 g/mol. The predicted molar refractivity (Wildman–Crippen MR) is 86.6 cm³/mol. The lowest BCUT2D eigenvalue weighted by Gasteiger charge is -2.40. The highest BCUT2D eigenvalue weighted by atomic mass is 19.3. The van der Waals surface area contributed by atoms with Gasteiger partial charge < -0.3 is 14.8 Å². The molecular formula is C17H15F2N3O3. The maximum absolute atomic E-state index is 13.2. The van der Waals surface area contributed by atoms with Crippen LogP contribution in [0.1, 0.15) is 19.3 Å². The van der Waals surface area contributed by atoms with Crippen LogP contribution in [0.4, 0.5) is 14.6 Å². The number of furan rings is 1. The molecule has 0 spiro atoms. The van der Waals surface area contributed by atoms with Gasteiger partial charge in [0.15, 0.2) is 11.4 Å². The zero-order valence-corrected chi connectivity index (χ0v) is 13.1. The van der Waals surface area contributed by atoms with Gasteiger partial charge in [0.25, 0.3) is 0 Å². The molecule has 0 radical (unpaired) electrons. The lowest BCUT2D eigenvalue weighted by molar-refractivity contribution is -0.141. The van der Waals surface area contributed by atoms with Crippen molar-refractivity contribution in [3.63, 3.8) is 0 Å². The average molecular weight is 347 g/mol. The number of aliphatic carboxylic acids is 1. The Hall–Kier alpha value is -2.77. The minimum Gasteiger partial charge on any atom is -0.481 e. The number of fused-ring (bicyclic) bond motifs is 3. The third-order valence-electron chi connectivity index (χ3n) is 4.57. The number of carbonyl (C=O) groups is 1. The first kappa shape index (κ1) is 15.7. The molecule has 0 amide bonds. The van der Waals surface area contributed by atoms with Crippen LogP contribution in [0.15, 0.2) is 35.0 Å². The van der Waals surface area contributed by atoms with Crippen LogP contribution in [0.5, 0.6) is 0 Å². The Morgan fingerprint density at radius 3 is 2.84 bits per heavy atom. The van der Waals surface area contributed by atoms with Crippen LogP contribution in [0.25, 0.3) is 22.1 Å². The van der Waals surface area contributed by atoms with E-state index in [1.807, 2.05) is 18.2 Å². The number of alkyl halides is 2. The number of nitrogens with zero attached hydrogens (tertiary/aromatic N) is 2. The highest BCUT2D eigenvalue weighted by Gasteiger charge is 2.49. The lowest BCUT2D eigenvalue weighted by Crippen LogP contribution is -2.46. The molecule has 2 N–H and O–H groups in total. The predicted octanol–water partition coefficient (Wildman–Crippen LogP) is 3.68. The molecule has 8 heteroatoms. The molecule has 1 aromatic carbocycles. The van der Waals surface area contributed by atoms with Gasteiger partial charge in [-0.3, -0.25) is 4.79 Å². The Bertz CT molecular complexity index is 949. The molecule has 1 fully saturated rings. The Morgan fingerprint density at radius 2 is 2.12 bits per heavy atom. The van der Waals surface area contributed by atoms with Crippen molar-refractivity contribution in [2.24, 2.45) is 5.92 Å². The third kappa shape index (κ3) is 2.88. The van der Waals surface area contributed by atoms with E-state index in [1.165, 1.54) is 6.33 Å². The Kier molecular flexibility index (Phi) is 3.55. The van der Waals surface area contributed by atoms with Gasteiger partial charge >= 0.3 is 5.97 Å². The summed E-state index contributed by atoms with van der Waals surface area (Å²) in [6, 6.07) is 6.69. The largest absolute Gasteiger partial charge is 0.481 e. The van der Waals surface area contributed by atoms with Gasteiger partial charge in [0.05, 0.1) is 6.42 Å². The first-order valence-corrected chi connectivity index (χ1v) is 7.91. The van der Waals surface area contributed by atoms with Gasteiger partial charge in [-0.1, -0.05) is 12.1 Å². The highest BCUT2D eigenvalue weighted by molar-refractivity contribution is 6.05. The molecule has 1 unspecified atom stereocenters. The normalized spacial score (nSPS) is 18.2. The molecule has 2 heterocycles. The van der Waals surface area contributed by atoms with Crippen LogP contribution in [-0.4, -0.2) is 33.0 Å². The van der Waals surface area contributed by atoms with Gasteiger partial charge in [-0.2, -0.15) is 0 Å². The van der Waals surface area contributed by atoms with Crippen molar-refractivity contribution in [3.05, 3.63) is 30.6 Å². The van der Waals surface area contributed by atoms with E-state index in [9.17, 15) is 13.6 Å². The smallest absolute Gasteiger partial charge is 0.305 e. The fourth-order valence-electron chi connectivity index (χ4n) is 3.32. The first-order valence-electron chi connectivity index (χ1n) is 7.91. The number of rotatable bonds is 5. The molecule has 25 heavy (non-hydrogen) atoms. The molecule has 1 aliphatic carbocycles. The SMILES string of the molecule is O=C(O)CC(Nc1ncnc2c1oc1ccccc12)C1CC(F)(F)C1. The summed E-state index contributed by atoms with van der Waals surface area (Å²) in [7, 11) is 0. The number of hydrogen-bond donors (Lipinski definition) is 2. The summed E-state index contributed by atoms with van der Waals surface area (Å²) in [4.78, 5) is 19.5. The minimum absolute atomic E-state index is 0.271. The van der Waals surface area contributed by atoms with Crippen molar-refractivity contribution >= 4 is 33.9 Å². The molecule has 1 aliphatic rings. The topological polar surface area (TPSA) is 88.2 Å². The number of hydrogen-bond acceptors (Lipinski definition) is 5. The summed E-state index contributed by atoms with van der Waals surface area (Å²) >= 11 is 0. The Labute approximate surface area is 140 Å². The second-order valence-corrected chi connectivity index (χ2v) is 6.37. The number of aromatic nitrogens is 2. The number of carboxylic acids is 1. The number of benzene rings is 1. The van der Waals surface area contributed by atoms with E-state index in [4.69, 9.17) is 9.52 Å². The van der Waals surface area contributed by atoms with E-state index in [0.717, 1.165) is 5.39 Å². The van der Waals surface area contributed by atoms with E-state index in [1.54, 1.807) is 6.07 Å². The quantitative estimate of drug-likeness (QED) is 0.732. The monoisotopic (exact) mass is 347 g/mol. The van der Waals surface area contributed by atoms with E-state index < -0.39 is 23.9 Å². The number of para-hydroxylation sites is 1. The summed E-state index contributed by atoms with van der Waals surface area (Å²) in [6.45, 7) is 0. The second-order valence-electron chi connectivity index (χ2n) is 6.37. The minimum atomic E-state index is -2.72. The molecule has 0 saturated heterocycles. The first-order chi connectivity index (χ1) is 11.9. The highest BCUT2D eigenvalue weighted by Crippen LogP contribution is 2.45. The lowest BCUT2D eigenvalue weighted by atomic mass is 9.75. The summed E-state index contributed by atoms with van der Waals surface area (Å²) in [5.41, 5.74) is 1.62. The maximum atomic E-state index is 13.2. The molecule has 4 rings (SSSR count). The molecule has 1 saturated carbocycles. The van der Waals surface area contributed by atoms with Gasteiger partial charge in [-0.15, -0.1) is 0 Å². The number of carboxylic acid groups (broad SMARTS) is 1. The van der Waals surface area contributed by atoms with Crippen LogP contribution in [-0.2, 0) is 4.79 Å². The number of nitrogens with one attached hydrogen (secondary N) is 1. The average Bonchev–Trinajstić information content (AvgIpc) is 2.91. The summed E-state index contributed by atoms with van der Waals surface area (Å²) in [5.74, 6) is -3.88. The van der Waals surface area contributed by atoms with Gasteiger partial charge in [-0.05, 0) is 18.1 Å². The summed E-state index contributed by atoms with van der Waals surface area (Å²) in [6.07, 6.45) is 0.422. The molecule has 1 atom stereocenters. The van der Waals surface area contributed by atoms with Gasteiger partial charge in [0, 0.05) is 24.3 Å². The molecule has 3 aromatic rings. The molecule has 2 aromatic heterocycles. The van der Waals surface area contributed by atoms with Crippen molar-refractivity contribution in [2.75, 3.05) is 5.32 Å². The molecule has 0 bridgehead atoms. The van der Waals surface area contributed by atoms with Crippen molar-refractivity contribution in [2.45, 2.75) is 31.2 Å². The van der Waals surface area contributed by atoms with Crippen molar-refractivity contribution < 1.29 is 23.1 Å². The zero-order valence-electron chi connectivity index (χ0n) is 13.1. The third-order valence-corrected chi connectivity index (χ3v) is 4.57. The summed E-state index contributed by atoms with van der Waals surface area (Å²) < 4.78 is 32.2. The van der Waals surface area contributed by atoms with Crippen LogP contribution < -0.4 is 5.32 Å². The summed E-state index contributed by atoms with van der Waals surface area (Å²) in [5, 5.41) is 12.9. The van der Waals surface area contributed by atoms with Crippen LogP contribution in [0.3, 0.4) is 0 Å². The van der Waals surface area contributed by atoms with E-state index in [0.29, 0.717) is 22.5 Å². The van der Waals surface area contributed by atoms with Crippen molar-refractivity contribution in [3.8, 4) is 0 Å². The fraction of sp³-hybridized carbons (Fsp3) is 0.353. The fourth-order valence-corrected chi connectivity index (χ4v) is 3.32. The van der Waals surface area contributed by atoms with E-state index in [2.05, 4.69) is 15.3 Å². The molecule has 130 valence electrons. The molecule has 6 nitrogen and oxygen atoms in total. The standard InChI is InChI=1S/C17H15F2N3O3/c18-17(19)6-9(7-17)11(5-13(23)24)22-16-15-14(20-8-21-16)10-3-1-2-4-12(10)25-15/h1-4,8-9,11H,5-7H2,(H,23,24)(H,20,21,22). The van der Waals surface area contributed by atoms with E-state index in [-0.39, 0.29) is 19.3 Å². The maximum Gasteiger partial charge on any atom is 0.305 e. The zero-order chi connectivity index (χ0) is 17.6. The number of halogens is 2. The van der Waals surface area contributed by atoms with Gasteiger partial charge in [0.1, 0.15) is 17.4 Å². The Morgan fingerprint density at radius 1 is 1.36 bits per heavy atom.